The van der Waals surface area contributed by atoms with E-state index in [0.29, 0.717) is 6.04 Å². The van der Waals surface area contributed by atoms with Crippen LogP contribution in [0.2, 0.25) is 0 Å². The lowest BCUT2D eigenvalue weighted by Gasteiger charge is -2.20. The monoisotopic (exact) mass is 185 g/mol. The zero-order valence-corrected chi connectivity index (χ0v) is 7.88. The van der Waals surface area contributed by atoms with Gasteiger partial charge in [-0.15, -0.1) is 11.3 Å². The molecule has 0 spiro atoms. The number of halogens is 1. The maximum Gasteiger partial charge on any atom is 0.176 e. The van der Waals surface area contributed by atoms with E-state index in [0.717, 1.165) is 19.3 Å². The van der Waals surface area contributed by atoms with Crippen molar-refractivity contribution in [1.29, 1.82) is 0 Å². The summed E-state index contributed by atoms with van der Waals surface area (Å²) in [5.74, 6) is 0. The van der Waals surface area contributed by atoms with E-state index in [9.17, 15) is 4.39 Å². The van der Waals surface area contributed by atoms with Crippen LogP contribution in [0.3, 0.4) is 0 Å². The number of hydrogen-bond acceptors (Lipinski definition) is 2. The number of rotatable bonds is 1. The van der Waals surface area contributed by atoms with Crippen LogP contribution in [0.1, 0.15) is 16.9 Å². The quantitative estimate of drug-likeness (QED) is 0.705. The molecule has 3 heteroatoms. The van der Waals surface area contributed by atoms with Crippen molar-refractivity contribution in [3.8, 4) is 0 Å². The van der Waals surface area contributed by atoms with Crippen molar-refractivity contribution in [3.63, 3.8) is 0 Å². The van der Waals surface area contributed by atoms with Gasteiger partial charge in [0.05, 0.1) is 0 Å². The molecule has 1 aliphatic carbocycles. The van der Waals surface area contributed by atoms with Crippen molar-refractivity contribution in [2.24, 2.45) is 0 Å². The first kappa shape index (κ1) is 8.20. The molecule has 1 unspecified atom stereocenters. The van der Waals surface area contributed by atoms with E-state index in [1.54, 1.807) is 6.07 Å². The summed E-state index contributed by atoms with van der Waals surface area (Å²) in [6, 6.07) is 2.23. The third-order valence-electron chi connectivity index (χ3n) is 2.46. The lowest BCUT2D eigenvalue weighted by molar-refractivity contribution is 0.500. The van der Waals surface area contributed by atoms with Crippen molar-refractivity contribution < 1.29 is 4.39 Å². The average molecular weight is 185 g/mol. The molecule has 0 fully saturated rings. The lowest BCUT2D eigenvalue weighted by atomic mass is 9.95. The highest BCUT2D eigenvalue weighted by Gasteiger charge is 2.19. The van der Waals surface area contributed by atoms with Crippen molar-refractivity contribution in [2.75, 3.05) is 7.05 Å². The molecule has 0 bridgehead atoms. The summed E-state index contributed by atoms with van der Waals surface area (Å²) in [7, 11) is 1.97. The van der Waals surface area contributed by atoms with Gasteiger partial charge >= 0.3 is 0 Å². The molecule has 1 nitrogen and oxygen atoms in total. The first-order chi connectivity index (χ1) is 5.79. The van der Waals surface area contributed by atoms with E-state index in [-0.39, 0.29) is 5.13 Å². The molecule has 0 aromatic carbocycles. The van der Waals surface area contributed by atoms with Gasteiger partial charge in [0.25, 0.3) is 0 Å². The van der Waals surface area contributed by atoms with Crippen LogP contribution in [0.15, 0.2) is 6.07 Å². The number of thiophene rings is 1. The Hall–Kier alpha value is -0.410. The van der Waals surface area contributed by atoms with Crippen LogP contribution in [-0.2, 0) is 12.8 Å². The predicted octanol–water partition coefficient (Wildman–Crippen LogP) is 1.96. The summed E-state index contributed by atoms with van der Waals surface area (Å²) >= 11 is 1.31. The minimum absolute atomic E-state index is 0.0308. The fourth-order valence-corrected chi connectivity index (χ4v) is 2.66. The van der Waals surface area contributed by atoms with Gasteiger partial charge in [-0.05, 0) is 37.9 Å². The van der Waals surface area contributed by atoms with E-state index in [1.807, 2.05) is 7.05 Å². The van der Waals surface area contributed by atoms with Gasteiger partial charge in [-0.3, -0.25) is 0 Å². The van der Waals surface area contributed by atoms with Crippen LogP contribution in [0, 0.1) is 5.13 Å². The maximum atomic E-state index is 12.8. The second kappa shape index (κ2) is 3.15. The third kappa shape index (κ3) is 1.39. The Bertz CT molecular complexity index is 282. The summed E-state index contributed by atoms with van der Waals surface area (Å²) in [5, 5.41) is 3.21. The highest BCUT2D eigenvalue weighted by atomic mass is 32.1. The van der Waals surface area contributed by atoms with Crippen molar-refractivity contribution in [1.82, 2.24) is 5.32 Å². The van der Waals surface area contributed by atoms with Crippen LogP contribution in [-0.4, -0.2) is 13.1 Å². The van der Waals surface area contributed by atoms with E-state index >= 15 is 0 Å². The SMILES string of the molecule is CNC1CCc2sc(F)cc2C1. The summed E-state index contributed by atoms with van der Waals surface area (Å²) in [6.45, 7) is 0. The van der Waals surface area contributed by atoms with Crippen LogP contribution >= 0.6 is 11.3 Å². The molecule has 1 N–H and O–H groups in total. The van der Waals surface area contributed by atoms with Crippen molar-refractivity contribution >= 4 is 11.3 Å². The topological polar surface area (TPSA) is 12.0 Å². The maximum absolute atomic E-state index is 12.8. The molecular formula is C9H12FNS. The normalized spacial score (nSPS) is 22.3. The van der Waals surface area contributed by atoms with Crippen molar-refractivity contribution in [3.05, 3.63) is 21.6 Å². The Balaban J connectivity index is 2.22. The van der Waals surface area contributed by atoms with Crippen LogP contribution in [0.4, 0.5) is 4.39 Å². The number of aryl methyl sites for hydroxylation is 1. The molecule has 0 amide bonds. The first-order valence-electron chi connectivity index (χ1n) is 4.24. The second-order valence-electron chi connectivity index (χ2n) is 3.23. The number of nitrogens with one attached hydrogen (secondary N) is 1. The molecule has 0 aliphatic heterocycles. The Morgan fingerprint density at radius 1 is 1.67 bits per heavy atom. The highest BCUT2D eigenvalue weighted by molar-refractivity contribution is 7.10. The van der Waals surface area contributed by atoms with Gasteiger partial charge < -0.3 is 5.32 Å². The zero-order valence-electron chi connectivity index (χ0n) is 7.06. The van der Waals surface area contributed by atoms with Gasteiger partial charge in [0.15, 0.2) is 5.13 Å². The molecule has 1 aromatic rings. The summed E-state index contributed by atoms with van der Waals surface area (Å²) in [6.07, 6.45) is 3.17. The Morgan fingerprint density at radius 2 is 2.50 bits per heavy atom. The smallest absolute Gasteiger partial charge is 0.176 e. The van der Waals surface area contributed by atoms with Gasteiger partial charge in [0, 0.05) is 10.9 Å². The van der Waals surface area contributed by atoms with Gasteiger partial charge in [-0.1, -0.05) is 0 Å². The van der Waals surface area contributed by atoms with Crippen LogP contribution in [0.5, 0.6) is 0 Å². The summed E-state index contributed by atoms with van der Waals surface area (Å²) in [4.78, 5) is 1.25. The summed E-state index contributed by atoms with van der Waals surface area (Å²) < 4.78 is 12.8. The fourth-order valence-electron chi connectivity index (χ4n) is 1.73. The Kier molecular flexibility index (Phi) is 2.15. The van der Waals surface area contributed by atoms with Gasteiger partial charge in [0.1, 0.15) is 0 Å². The number of fused-ring (bicyclic) bond motifs is 1. The van der Waals surface area contributed by atoms with Crippen LogP contribution in [0.25, 0.3) is 0 Å². The predicted molar refractivity (Wildman–Crippen MR) is 49.1 cm³/mol. The minimum atomic E-state index is -0.0308. The molecule has 0 saturated heterocycles. The molecular weight excluding hydrogens is 173 g/mol. The highest BCUT2D eigenvalue weighted by Crippen LogP contribution is 2.28. The molecule has 0 saturated carbocycles. The van der Waals surface area contributed by atoms with E-state index in [1.165, 1.54) is 21.8 Å². The Morgan fingerprint density at radius 3 is 3.25 bits per heavy atom. The molecule has 66 valence electrons. The second-order valence-corrected chi connectivity index (χ2v) is 4.31. The molecule has 2 rings (SSSR count). The molecule has 1 aliphatic rings. The molecule has 12 heavy (non-hydrogen) atoms. The van der Waals surface area contributed by atoms with E-state index in [2.05, 4.69) is 5.32 Å². The first-order valence-corrected chi connectivity index (χ1v) is 5.05. The standard InChI is InChI=1S/C9H12FNS/c1-11-7-2-3-8-6(4-7)5-9(10)12-8/h5,7,11H,2-4H2,1H3. The van der Waals surface area contributed by atoms with E-state index < -0.39 is 0 Å². The zero-order chi connectivity index (χ0) is 8.55. The molecule has 1 heterocycles. The number of hydrogen-bond donors (Lipinski definition) is 1. The van der Waals surface area contributed by atoms with E-state index in [4.69, 9.17) is 0 Å². The third-order valence-corrected chi connectivity index (χ3v) is 3.49. The van der Waals surface area contributed by atoms with Gasteiger partial charge in [0.2, 0.25) is 0 Å². The number of likely N-dealkylation sites (N-methyl/N-ethyl adjacent to an activating group) is 1. The fraction of sp³-hybridized carbons (Fsp3) is 0.556. The molecule has 0 radical (unpaired) electrons. The summed E-state index contributed by atoms with van der Waals surface area (Å²) in [5.41, 5.74) is 1.21. The van der Waals surface area contributed by atoms with Gasteiger partial charge in [-0.25, -0.2) is 0 Å². The van der Waals surface area contributed by atoms with Crippen molar-refractivity contribution in [2.45, 2.75) is 25.3 Å². The molecule has 1 atom stereocenters. The lowest BCUT2D eigenvalue weighted by Crippen LogP contribution is -2.30. The average Bonchev–Trinajstić information content (AvgIpc) is 2.43. The largest absolute Gasteiger partial charge is 0.317 e. The van der Waals surface area contributed by atoms with Crippen LogP contribution < -0.4 is 5.32 Å². The Labute approximate surface area is 75.6 Å². The minimum Gasteiger partial charge on any atom is -0.317 e. The van der Waals surface area contributed by atoms with Gasteiger partial charge in [-0.2, -0.15) is 4.39 Å². The molecule has 1 aromatic heterocycles.